The summed E-state index contributed by atoms with van der Waals surface area (Å²) in [7, 11) is 2.10. The van der Waals surface area contributed by atoms with E-state index >= 15 is 0 Å². The molecule has 4 heteroatoms. The van der Waals surface area contributed by atoms with Crippen molar-refractivity contribution in [2.75, 3.05) is 0 Å². The Balaban J connectivity index is 1.77. The van der Waals surface area contributed by atoms with Crippen molar-refractivity contribution < 1.29 is 0 Å². The van der Waals surface area contributed by atoms with Crippen LogP contribution in [0, 0.1) is 6.92 Å². The maximum absolute atomic E-state index is 12.3. The van der Waals surface area contributed by atoms with Gasteiger partial charge in [-0.25, -0.2) is 4.98 Å². The summed E-state index contributed by atoms with van der Waals surface area (Å²) in [5.74, 6) is 0.873. The summed E-state index contributed by atoms with van der Waals surface area (Å²) in [6.45, 7) is 4.27. The number of rotatable bonds is 3. The van der Waals surface area contributed by atoms with Gasteiger partial charge in [-0.3, -0.25) is 4.79 Å². The zero-order valence-electron chi connectivity index (χ0n) is 14.7. The number of H-pyrrole nitrogens is 1. The van der Waals surface area contributed by atoms with Crippen LogP contribution in [0.15, 0.2) is 53.3 Å². The van der Waals surface area contributed by atoms with Gasteiger partial charge in [0.05, 0.1) is 10.9 Å². The van der Waals surface area contributed by atoms with Gasteiger partial charge in [0.2, 0.25) is 0 Å². The number of fused-ring (bicyclic) bond motifs is 2. The van der Waals surface area contributed by atoms with Gasteiger partial charge in [0.25, 0.3) is 5.56 Å². The van der Waals surface area contributed by atoms with E-state index in [0.29, 0.717) is 5.39 Å². The maximum atomic E-state index is 12.3. The summed E-state index contributed by atoms with van der Waals surface area (Å²) in [6, 6.07) is 15.9. The van der Waals surface area contributed by atoms with Crippen LogP contribution in [0.25, 0.3) is 21.8 Å². The highest BCUT2D eigenvalue weighted by molar-refractivity contribution is 5.85. The van der Waals surface area contributed by atoms with Crippen LogP contribution in [0.5, 0.6) is 0 Å². The molecule has 0 amide bonds. The number of aromatic amines is 1. The van der Waals surface area contributed by atoms with Gasteiger partial charge in [-0.05, 0) is 37.1 Å². The van der Waals surface area contributed by atoms with Crippen molar-refractivity contribution >= 4 is 21.8 Å². The van der Waals surface area contributed by atoms with Crippen molar-refractivity contribution in [3.8, 4) is 0 Å². The van der Waals surface area contributed by atoms with E-state index in [4.69, 9.17) is 0 Å². The lowest BCUT2D eigenvalue weighted by Gasteiger charge is -2.12. The molecule has 0 aliphatic rings. The molecule has 2 heterocycles. The molecule has 0 saturated heterocycles. The van der Waals surface area contributed by atoms with Gasteiger partial charge in [-0.15, -0.1) is 0 Å². The van der Waals surface area contributed by atoms with Crippen LogP contribution in [-0.2, 0) is 13.5 Å². The van der Waals surface area contributed by atoms with Crippen LogP contribution in [0.1, 0.15) is 29.9 Å². The first-order valence-electron chi connectivity index (χ1n) is 8.58. The molecule has 4 nitrogen and oxygen atoms in total. The average molecular weight is 331 g/mol. The second kappa shape index (κ2) is 5.88. The first-order chi connectivity index (χ1) is 12.1. The van der Waals surface area contributed by atoms with Crippen molar-refractivity contribution in [2.45, 2.75) is 26.2 Å². The van der Waals surface area contributed by atoms with Gasteiger partial charge >= 0.3 is 0 Å². The van der Waals surface area contributed by atoms with Crippen LogP contribution in [0.4, 0.5) is 0 Å². The molecule has 2 aromatic heterocycles. The number of hydrogen-bond acceptors (Lipinski definition) is 2. The van der Waals surface area contributed by atoms with Gasteiger partial charge in [-0.1, -0.05) is 37.3 Å². The van der Waals surface area contributed by atoms with E-state index in [2.05, 4.69) is 59.7 Å². The minimum atomic E-state index is -0.0675. The fourth-order valence-electron chi connectivity index (χ4n) is 3.60. The van der Waals surface area contributed by atoms with E-state index in [9.17, 15) is 4.79 Å². The molecule has 0 aliphatic carbocycles. The lowest BCUT2D eigenvalue weighted by Crippen LogP contribution is -2.15. The van der Waals surface area contributed by atoms with Gasteiger partial charge in [-0.2, -0.15) is 0 Å². The summed E-state index contributed by atoms with van der Waals surface area (Å²) in [4.78, 5) is 20.0. The topological polar surface area (TPSA) is 50.7 Å². The third kappa shape index (κ3) is 2.54. The lowest BCUT2D eigenvalue weighted by molar-refractivity contribution is 0.696. The monoisotopic (exact) mass is 331 g/mol. The maximum Gasteiger partial charge on any atom is 0.258 e. The predicted octanol–water partition coefficient (Wildman–Crippen LogP) is 4.07. The molecule has 0 fully saturated rings. The third-order valence-corrected chi connectivity index (χ3v) is 5.14. The van der Waals surface area contributed by atoms with Gasteiger partial charge in [0, 0.05) is 29.6 Å². The normalized spacial score (nSPS) is 12.8. The fraction of sp³-hybridized carbons (Fsp3) is 0.238. The molecule has 4 aromatic rings. The van der Waals surface area contributed by atoms with Crippen LogP contribution in [-0.4, -0.2) is 14.5 Å². The number of nitrogens with one attached hydrogen (secondary N) is 1. The molecule has 0 radical (unpaired) electrons. The van der Waals surface area contributed by atoms with Gasteiger partial charge in [0.15, 0.2) is 0 Å². The Labute approximate surface area is 146 Å². The van der Waals surface area contributed by atoms with Crippen LogP contribution >= 0.6 is 0 Å². The Bertz CT molecular complexity index is 1140. The van der Waals surface area contributed by atoms with Crippen molar-refractivity contribution in [1.29, 1.82) is 0 Å². The number of benzene rings is 2. The number of hydrogen-bond donors (Lipinski definition) is 1. The standard InChI is InChI=1S/C21H21N3O/c1-13(20-22-18-10-6-4-9-16(18)21(25)23-20)12-17-14(2)24(3)19-11-7-5-8-15(17)19/h4-11,13H,12H2,1-3H3,(H,22,23,25). The molecule has 1 N–H and O–H groups in total. The Morgan fingerprint density at radius 1 is 1.08 bits per heavy atom. The second-order valence-corrected chi connectivity index (χ2v) is 6.71. The largest absolute Gasteiger partial charge is 0.348 e. The number of nitrogens with zero attached hydrogens (tertiary/aromatic N) is 2. The average Bonchev–Trinajstić information content (AvgIpc) is 2.87. The number of para-hydroxylation sites is 2. The van der Waals surface area contributed by atoms with Gasteiger partial charge in [0.1, 0.15) is 5.82 Å². The lowest BCUT2D eigenvalue weighted by atomic mass is 9.97. The van der Waals surface area contributed by atoms with Crippen molar-refractivity contribution in [3.05, 3.63) is 76.0 Å². The summed E-state index contributed by atoms with van der Waals surface area (Å²) in [5.41, 5.74) is 4.50. The summed E-state index contributed by atoms with van der Waals surface area (Å²) < 4.78 is 2.23. The predicted molar refractivity (Wildman–Crippen MR) is 102 cm³/mol. The van der Waals surface area contributed by atoms with Crippen LogP contribution in [0.2, 0.25) is 0 Å². The smallest absolute Gasteiger partial charge is 0.258 e. The fourth-order valence-corrected chi connectivity index (χ4v) is 3.60. The minimum absolute atomic E-state index is 0.0675. The van der Waals surface area contributed by atoms with Crippen LogP contribution in [0.3, 0.4) is 0 Å². The van der Waals surface area contributed by atoms with Gasteiger partial charge < -0.3 is 9.55 Å². The molecule has 1 unspecified atom stereocenters. The Kier molecular flexibility index (Phi) is 3.68. The highest BCUT2D eigenvalue weighted by Crippen LogP contribution is 2.29. The summed E-state index contributed by atoms with van der Waals surface area (Å²) in [6.07, 6.45) is 0.842. The Morgan fingerprint density at radius 2 is 1.76 bits per heavy atom. The zero-order valence-corrected chi connectivity index (χ0v) is 14.7. The first kappa shape index (κ1) is 15.6. The summed E-state index contributed by atoms with van der Waals surface area (Å²) >= 11 is 0. The van der Waals surface area contributed by atoms with Crippen molar-refractivity contribution in [3.63, 3.8) is 0 Å². The third-order valence-electron chi connectivity index (χ3n) is 5.14. The summed E-state index contributed by atoms with van der Waals surface area (Å²) in [5, 5.41) is 1.91. The van der Waals surface area contributed by atoms with Crippen LogP contribution < -0.4 is 5.56 Å². The molecule has 25 heavy (non-hydrogen) atoms. The molecule has 0 saturated carbocycles. The van der Waals surface area contributed by atoms with E-state index in [1.165, 1.54) is 22.2 Å². The molecule has 4 rings (SSSR count). The van der Waals surface area contributed by atoms with E-state index in [1.54, 1.807) is 0 Å². The quantitative estimate of drug-likeness (QED) is 0.615. The number of aryl methyl sites for hydroxylation is 1. The molecular formula is C21H21N3O. The molecule has 126 valence electrons. The van der Waals surface area contributed by atoms with Crippen molar-refractivity contribution in [2.24, 2.45) is 7.05 Å². The molecule has 0 aliphatic heterocycles. The highest BCUT2D eigenvalue weighted by atomic mass is 16.1. The number of aromatic nitrogens is 3. The van der Waals surface area contributed by atoms with E-state index in [1.807, 2.05) is 24.3 Å². The van der Waals surface area contributed by atoms with Crippen molar-refractivity contribution in [1.82, 2.24) is 14.5 Å². The molecule has 0 bridgehead atoms. The molecule has 0 spiro atoms. The minimum Gasteiger partial charge on any atom is -0.348 e. The first-order valence-corrected chi connectivity index (χ1v) is 8.58. The molecule has 2 aromatic carbocycles. The van der Waals surface area contributed by atoms with E-state index < -0.39 is 0 Å². The van der Waals surface area contributed by atoms with E-state index in [0.717, 1.165) is 17.8 Å². The Morgan fingerprint density at radius 3 is 2.56 bits per heavy atom. The zero-order chi connectivity index (χ0) is 17.6. The molecule has 1 atom stereocenters. The SMILES string of the molecule is Cc1c(CC(C)c2nc3ccccc3c(=O)[nH]2)c2ccccc2n1C. The second-order valence-electron chi connectivity index (χ2n) is 6.71. The van der Waals surface area contributed by atoms with E-state index in [-0.39, 0.29) is 11.5 Å². The molecular weight excluding hydrogens is 310 g/mol. The highest BCUT2D eigenvalue weighted by Gasteiger charge is 2.17. The Hall–Kier alpha value is -2.88.